The van der Waals surface area contributed by atoms with E-state index in [-0.39, 0.29) is 10.8 Å². The second kappa shape index (κ2) is 10.3. The number of nitrogens with zero attached hydrogens (tertiary/aromatic N) is 1. The van der Waals surface area contributed by atoms with Gasteiger partial charge in [0.25, 0.3) is 0 Å². The minimum atomic E-state index is -0.176. The van der Waals surface area contributed by atoms with Gasteiger partial charge in [0, 0.05) is 38.5 Å². The van der Waals surface area contributed by atoms with E-state index in [1.807, 2.05) is 6.07 Å². The SMILES string of the molecule is CC1(C)c2ccccc2-c2ccc(N(c3cccc(-c4cccc5c4oc4ccccc45)c3)c3cccc4c3C(C)(C)c3ccccc3-4)cc21. The van der Waals surface area contributed by atoms with Crippen LogP contribution in [0.25, 0.3) is 55.3 Å². The van der Waals surface area contributed by atoms with Gasteiger partial charge in [0.05, 0.1) is 5.69 Å². The van der Waals surface area contributed by atoms with E-state index < -0.39 is 0 Å². The van der Waals surface area contributed by atoms with Crippen LogP contribution in [0.4, 0.5) is 17.1 Å². The van der Waals surface area contributed by atoms with Crippen molar-refractivity contribution in [2.75, 3.05) is 4.90 Å². The largest absolute Gasteiger partial charge is 0.455 e. The highest BCUT2D eigenvalue weighted by Crippen LogP contribution is 2.56. The normalized spacial score (nSPS) is 14.7. The van der Waals surface area contributed by atoms with E-state index in [1.54, 1.807) is 0 Å². The number of rotatable bonds is 4. The Kier molecular flexibility index (Phi) is 6.01. The molecule has 0 aliphatic heterocycles. The van der Waals surface area contributed by atoms with Crippen LogP contribution < -0.4 is 4.90 Å². The summed E-state index contributed by atoms with van der Waals surface area (Å²) in [7, 11) is 0. The first-order valence-electron chi connectivity index (χ1n) is 17.6. The molecule has 0 atom stereocenters. The molecule has 0 spiro atoms. The van der Waals surface area contributed by atoms with Gasteiger partial charge in [0.1, 0.15) is 11.2 Å². The smallest absolute Gasteiger partial charge is 0.143 e. The lowest BCUT2D eigenvalue weighted by Crippen LogP contribution is -2.21. The molecule has 50 heavy (non-hydrogen) atoms. The molecular formula is C48H37NO. The van der Waals surface area contributed by atoms with Crippen LogP contribution in [0, 0.1) is 0 Å². The Balaban J connectivity index is 1.21. The van der Waals surface area contributed by atoms with Crippen LogP contribution in [-0.4, -0.2) is 0 Å². The third-order valence-corrected chi connectivity index (χ3v) is 11.4. The molecule has 0 N–H and O–H groups in total. The fourth-order valence-corrected chi connectivity index (χ4v) is 9.05. The first-order valence-corrected chi connectivity index (χ1v) is 17.6. The number of fused-ring (bicyclic) bond motifs is 9. The van der Waals surface area contributed by atoms with Gasteiger partial charge in [-0.15, -0.1) is 0 Å². The molecule has 8 aromatic rings. The van der Waals surface area contributed by atoms with E-state index in [0.29, 0.717) is 0 Å². The predicted octanol–water partition coefficient (Wildman–Crippen LogP) is 13.3. The van der Waals surface area contributed by atoms with Crippen LogP contribution in [0.5, 0.6) is 0 Å². The quantitative estimate of drug-likeness (QED) is 0.190. The van der Waals surface area contributed by atoms with E-state index in [2.05, 4.69) is 178 Å². The van der Waals surface area contributed by atoms with Crippen molar-refractivity contribution in [1.29, 1.82) is 0 Å². The molecule has 2 heteroatoms. The van der Waals surface area contributed by atoms with Crippen LogP contribution in [0.15, 0.2) is 156 Å². The van der Waals surface area contributed by atoms with E-state index in [9.17, 15) is 0 Å². The van der Waals surface area contributed by atoms with Gasteiger partial charge in [0.2, 0.25) is 0 Å². The maximum atomic E-state index is 6.52. The summed E-state index contributed by atoms with van der Waals surface area (Å²) < 4.78 is 6.52. The van der Waals surface area contributed by atoms with Crippen molar-refractivity contribution in [2.24, 2.45) is 0 Å². The Bertz CT molecular complexity index is 2670. The number of benzene rings is 7. The molecule has 1 aromatic heterocycles. The highest BCUT2D eigenvalue weighted by molar-refractivity contribution is 6.09. The Hall–Kier alpha value is -5.86. The zero-order valence-corrected chi connectivity index (χ0v) is 28.8. The second-order valence-electron chi connectivity index (χ2n) is 14.9. The zero-order chi connectivity index (χ0) is 33.8. The van der Waals surface area contributed by atoms with Crippen molar-refractivity contribution >= 4 is 39.0 Å². The molecule has 0 bridgehead atoms. The lowest BCUT2D eigenvalue weighted by Gasteiger charge is -2.33. The second-order valence-corrected chi connectivity index (χ2v) is 14.9. The van der Waals surface area contributed by atoms with Gasteiger partial charge in [-0.3, -0.25) is 0 Å². The molecule has 2 aliphatic carbocycles. The van der Waals surface area contributed by atoms with Crippen LogP contribution in [-0.2, 0) is 10.8 Å². The minimum Gasteiger partial charge on any atom is -0.455 e. The average molecular weight is 644 g/mol. The molecule has 0 fully saturated rings. The van der Waals surface area contributed by atoms with Gasteiger partial charge in [-0.2, -0.15) is 0 Å². The van der Waals surface area contributed by atoms with E-state index >= 15 is 0 Å². The van der Waals surface area contributed by atoms with Gasteiger partial charge in [-0.05, 0) is 86.5 Å². The molecule has 2 nitrogen and oxygen atoms in total. The van der Waals surface area contributed by atoms with Gasteiger partial charge < -0.3 is 9.32 Å². The third-order valence-electron chi connectivity index (χ3n) is 11.4. The molecule has 240 valence electrons. The Labute approximate surface area is 293 Å². The monoisotopic (exact) mass is 643 g/mol. The Morgan fingerprint density at radius 1 is 0.440 bits per heavy atom. The van der Waals surface area contributed by atoms with Crippen LogP contribution in [0.2, 0.25) is 0 Å². The summed E-state index contributed by atoms with van der Waals surface area (Å²) in [5, 5.41) is 2.28. The van der Waals surface area contributed by atoms with E-state index in [4.69, 9.17) is 4.42 Å². The molecular weight excluding hydrogens is 607 g/mol. The fourth-order valence-electron chi connectivity index (χ4n) is 9.05. The summed E-state index contributed by atoms with van der Waals surface area (Å²) in [5.74, 6) is 0. The topological polar surface area (TPSA) is 16.4 Å². The van der Waals surface area contributed by atoms with Crippen molar-refractivity contribution < 1.29 is 4.42 Å². The summed E-state index contributed by atoms with van der Waals surface area (Å²) >= 11 is 0. The zero-order valence-electron chi connectivity index (χ0n) is 28.8. The van der Waals surface area contributed by atoms with Crippen LogP contribution in [0.1, 0.15) is 49.9 Å². The lowest BCUT2D eigenvalue weighted by molar-refractivity contribution is 0.658. The molecule has 0 amide bonds. The van der Waals surface area contributed by atoms with Gasteiger partial charge in [-0.1, -0.05) is 143 Å². The molecule has 0 saturated heterocycles. The summed E-state index contributed by atoms with van der Waals surface area (Å²) in [6.07, 6.45) is 0. The summed E-state index contributed by atoms with van der Waals surface area (Å²) in [6.45, 7) is 9.47. The molecule has 2 aliphatic rings. The molecule has 0 saturated carbocycles. The van der Waals surface area contributed by atoms with Gasteiger partial charge in [0.15, 0.2) is 0 Å². The maximum Gasteiger partial charge on any atom is 0.143 e. The molecule has 10 rings (SSSR count). The lowest BCUT2D eigenvalue weighted by atomic mass is 9.81. The number of hydrogen-bond donors (Lipinski definition) is 0. The summed E-state index contributed by atoms with van der Waals surface area (Å²) in [6, 6.07) is 55.5. The Morgan fingerprint density at radius 2 is 1.04 bits per heavy atom. The molecule has 7 aromatic carbocycles. The first-order chi connectivity index (χ1) is 24.3. The number of furan rings is 1. The maximum absolute atomic E-state index is 6.52. The number of para-hydroxylation sites is 2. The molecule has 0 radical (unpaired) electrons. The highest BCUT2D eigenvalue weighted by atomic mass is 16.3. The van der Waals surface area contributed by atoms with E-state index in [1.165, 1.54) is 50.2 Å². The van der Waals surface area contributed by atoms with Gasteiger partial charge in [-0.25, -0.2) is 0 Å². The predicted molar refractivity (Wildman–Crippen MR) is 209 cm³/mol. The van der Waals surface area contributed by atoms with E-state index in [0.717, 1.165) is 44.4 Å². The van der Waals surface area contributed by atoms with Crippen molar-refractivity contribution in [1.82, 2.24) is 0 Å². The minimum absolute atomic E-state index is 0.111. The number of anilines is 3. The van der Waals surface area contributed by atoms with Crippen molar-refractivity contribution in [3.8, 4) is 33.4 Å². The average Bonchev–Trinajstić information content (AvgIpc) is 3.72. The fraction of sp³-hybridized carbons (Fsp3) is 0.125. The van der Waals surface area contributed by atoms with Crippen LogP contribution in [0.3, 0.4) is 0 Å². The summed E-state index contributed by atoms with van der Waals surface area (Å²) in [5.41, 5.74) is 18.0. The van der Waals surface area contributed by atoms with Crippen LogP contribution >= 0.6 is 0 Å². The van der Waals surface area contributed by atoms with Crippen molar-refractivity contribution in [2.45, 2.75) is 38.5 Å². The summed E-state index contributed by atoms with van der Waals surface area (Å²) in [4.78, 5) is 2.49. The van der Waals surface area contributed by atoms with Crippen molar-refractivity contribution in [3.05, 3.63) is 174 Å². The third kappa shape index (κ3) is 3.96. The van der Waals surface area contributed by atoms with Crippen molar-refractivity contribution in [3.63, 3.8) is 0 Å². The highest BCUT2D eigenvalue weighted by Gasteiger charge is 2.40. The number of hydrogen-bond acceptors (Lipinski definition) is 2. The Morgan fingerprint density at radius 3 is 1.88 bits per heavy atom. The first kappa shape index (κ1) is 29.1. The van der Waals surface area contributed by atoms with Gasteiger partial charge >= 0.3 is 0 Å². The standard InChI is InChI=1S/C48H37NO/c1-47(2)40-22-8-5-16-34(40)36-27-26-32(29-42(36)47)49(43-24-13-20-38-35-17-6-9-23-41(35)48(3,4)45(38)43)31-15-11-14-30(28-31)33-19-12-21-39-37-18-7-10-25-44(37)50-46(33)39/h5-29H,1-4H3. The molecule has 1 heterocycles. The molecule has 0 unspecified atom stereocenters.